The van der Waals surface area contributed by atoms with Gasteiger partial charge in [0.15, 0.2) is 11.6 Å². The summed E-state index contributed by atoms with van der Waals surface area (Å²) in [5, 5.41) is 12.8. The quantitative estimate of drug-likeness (QED) is 0.470. The molecule has 0 aliphatic heterocycles. The standard InChI is InChI=1S/C21H22N10/c1-13(2)30-9-5-16(27-30)15-12-31-18(14(15)3)19(25-17-11-22-6-7-23-17)26-20(28-31)21-24-8-10-29(21)4/h5-13H,1-4H3,(H,23,25,26,28). The van der Waals surface area contributed by atoms with Crippen LogP contribution in [0.15, 0.2) is 49.4 Å². The highest BCUT2D eigenvalue weighted by Crippen LogP contribution is 2.32. The summed E-state index contributed by atoms with van der Waals surface area (Å²) in [6, 6.07) is 2.31. The summed E-state index contributed by atoms with van der Waals surface area (Å²) in [6.45, 7) is 6.26. The topological polar surface area (TPSA) is 104 Å². The van der Waals surface area contributed by atoms with Crippen molar-refractivity contribution in [2.75, 3.05) is 5.32 Å². The summed E-state index contributed by atoms with van der Waals surface area (Å²) in [6.07, 6.45) is 12.5. The van der Waals surface area contributed by atoms with Crippen LogP contribution in [0.3, 0.4) is 0 Å². The molecule has 5 heterocycles. The highest BCUT2D eigenvalue weighted by Gasteiger charge is 2.20. The number of imidazole rings is 1. The summed E-state index contributed by atoms with van der Waals surface area (Å²) < 4.78 is 5.66. The Morgan fingerprint density at radius 1 is 1.03 bits per heavy atom. The normalized spacial score (nSPS) is 11.5. The van der Waals surface area contributed by atoms with E-state index in [0.29, 0.717) is 23.3 Å². The zero-order chi connectivity index (χ0) is 21.5. The average Bonchev–Trinajstić information content (AvgIpc) is 3.47. The first kappa shape index (κ1) is 18.9. The van der Waals surface area contributed by atoms with E-state index in [4.69, 9.17) is 15.2 Å². The van der Waals surface area contributed by atoms with Crippen LogP contribution >= 0.6 is 0 Å². The van der Waals surface area contributed by atoms with Gasteiger partial charge >= 0.3 is 0 Å². The molecule has 10 nitrogen and oxygen atoms in total. The van der Waals surface area contributed by atoms with Crippen LogP contribution in [0.25, 0.3) is 28.4 Å². The second kappa shape index (κ2) is 7.31. The van der Waals surface area contributed by atoms with Crippen molar-refractivity contribution in [3.05, 3.63) is 55.0 Å². The molecule has 0 atom stereocenters. The van der Waals surface area contributed by atoms with E-state index in [9.17, 15) is 0 Å². The Hall–Kier alpha value is -4.08. The smallest absolute Gasteiger partial charge is 0.218 e. The fourth-order valence-electron chi connectivity index (χ4n) is 3.51. The molecule has 31 heavy (non-hydrogen) atoms. The second-order valence-corrected chi connectivity index (χ2v) is 7.60. The van der Waals surface area contributed by atoms with Crippen molar-refractivity contribution in [1.29, 1.82) is 0 Å². The Balaban J connectivity index is 1.71. The van der Waals surface area contributed by atoms with Gasteiger partial charge in [0.05, 0.1) is 11.9 Å². The molecule has 1 N–H and O–H groups in total. The molecule has 0 aromatic carbocycles. The monoisotopic (exact) mass is 414 g/mol. The van der Waals surface area contributed by atoms with Crippen molar-refractivity contribution in [3.8, 4) is 22.9 Å². The molecule has 0 fully saturated rings. The van der Waals surface area contributed by atoms with Crippen LogP contribution in [0, 0.1) is 6.92 Å². The molecule has 5 aromatic rings. The van der Waals surface area contributed by atoms with Gasteiger partial charge in [-0.2, -0.15) is 5.10 Å². The van der Waals surface area contributed by atoms with Gasteiger partial charge in [-0.25, -0.2) is 19.5 Å². The molecule has 0 amide bonds. The van der Waals surface area contributed by atoms with Crippen molar-refractivity contribution >= 4 is 17.2 Å². The Bertz CT molecular complexity index is 1360. The second-order valence-electron chi connectivity index (χ2n) is 7.60. The number of fused-ring (bicyclic) bond motifs is 1. The summed E-state index contributed by atoms with van der Waals surface area (Å²) in [7, 11) is 1.91. The molecule has 0 radical (unpaired) electrons. The van der Waals surface area contributed by atoms with E-state index in [-0.39, 0.29) is 6.04 Å². The van der Waals surface area contributed by atoms with Crippen LogP contribution in [0.4, 0.5) is 11.6 Å². The summed E-state index contributed by atoms with van der Waals surface area (Å²) in [4.78, 5) is 17.7. The molecule has 10 heteroatoms. The van der Waals surface area contributed by atoms with E-state index in [1.807, 2.05) is 52.4 Å². The van der Waals surface area contributed by atoms with Gasteiger partial charge in [-0.15, -0.1) is 5.10 Å². The first-order valence-corrected chi connectivity index (χ1v) is 9.97. The zero-order valence-electron chi connectivity index (χ0n) is 17.7. The molecular weight excluding hydrogens is 392 g/mol. The maximum Gasteiger partial charge on any atom is 0.218 e. The van der Waals surface area contributed by atoms with Crippen LogP contribution in [-0.4, -0.2) is 43.9 Å². The van der Waals surface area contributed by atoms with Gasteiger partial charge in [0.2, 0.25) is 5.82 Å². The maximum absolute atomic E-state index is 4.78. The van der Waals surface area contributed by atoms with E-state index in [1.165, 1.54) is 0 Å². The lowest BCUT2D eigenvalue weighted by Crippen LogP contribution is -2.06. The van der Waals surface area contributed by atoms with Gasteiger partial charge in [-0.05, 0) is 32.4 Å². The van der Waals surface area contributed by atoms with Crippen LogP contribution in [0.1, 0.15) is 25.5 Å². The Labute approximate surface area is 178 Å². The molecule has 156 valence electrons. The molecule has 0 saturated heterocycles. The van der Waals surface area contributed by atoms with E-state index < -0.39 is 0 Å². The number of nitrogens with one attached hydrogen (secondary N) is 1. The average molecular weight is 414 g/mol. The van der Waals surface area contributed by atoms with Crippen LogP contribution < -0.4 is 5.32 Å². The van der Waals surface area contributed by atoms with E-state index >= 15 is 0 Å². The zero-order valence-corrected chi connectivity index (χ0v) is 17.7. The van der Waals surface area contributed by atoms with Gasteiger partial charge in [0.25, 0.3) is 0 Å². The molecule has 0 saturated carbocycles. The van der Waals surface area contributed by atoms with E-state index in [2.05, 4.69) is 34.1 Å². The van der Waals surface area contributed by atoms with Crippen molar-refractivity contribution in [2.24, 2.45) is 7.05 Å². The number of hydrogen-bond donors (Lipinski definition) is 1. The van der Waals surface area contributed by atoms with E-state index in [1.54, 1.807) is 24.8 Å². The molecule has 0 aliphatic rings. The number of nitrogens with zero attached hydrogens (tertiary/aromatic N) is 9. The van der Waals surface area contributed by atoms with Crippen molar-refractivity contribution in [3.63, 3.8) is 0 Å². The highest BCUT2D eigenvalue weighted by molar-refractivity contribution is 5.83. The number of anilines is 2. The van der Waals surface area contributed by atoms with Gasteiger partial charge in [0.1, 0.15) is 11.3 Å². The number of aryl methyl sites for hydroxylation is 2. The molecule has 0 aliphatic carbocycles. The van der Waals surface area contributed by atoms with E-state index in [0.717, 1.165) is 22.3 Å². The molecule has 0 bridgehead atoms. The third-order valence-corrected chi connectivity index (χ3v) is 5.13. The van der Waals surface area contributed by atoms with Crippen molar-refractivity contribution < 1.29 is 0 Å². The maximum atomic E-state index is 4.78. The van der Waals surface area contributed by atoms with Gasteiger partial charge in [-0.1, -0.05) is 0 Å². The van der Waals surface area contributed by atoms with Gasteiger partial charge in [-0.3, -0.25) is 9.67 Å². The SMILES string of the molecule is Cc1c(-c2ccn(C(C)C)n2)cn2nc(-c3nccn3C)nc(Nc3cnccn3)c12. The molecule has 0 spiro atoms. The Morgan fingerprint density at radius 3 is 2.58 bits per heavy atom. The lowest BCUT2D eigenvalue weighted by Gasteiger charge is -2.09. The largest absolute Gasteiger partial charge is 0.331 e. The molecular formula is C21H22N10. The lowest BCUT2D eigenvalue weighted by molar-refractivity contribution is 0.534. The van der Waals surface area contributed by atoms with Crippen LogP contribution in [0.2, 0.25) is 0 Å². The minimum Gasteiger partial charge on any atom is -0.331 e. The summed E-state index contributed by atoms with van der Waals surface area (Å²) in [5.74, 6) is 2.39. The summed E-state index contributed by atoms with van der Waals surface area (Å²) >= 11 is 0. The van der Waals surface area contributed by atoms with Crippen LogP contribution in [-0.2, 0) is 7.05 Å². The first-order valence-electron chi connectivity index (χ1n) is 9.97. The highest BCUT2D eigenvalue weighted by atomic mass is 15.3. The van der Waals surface area contributed by atoms with Crippen molar-refractivity contribution in [1.82, 2.24) is 43.9 Å². The van der Waals surface area contributed by atoms with Gasteiger partial charge in [0, 0.05) is 55.8 Å². The third-order valence-electron chi connectivity index (χ3n) is 5.13. The first-order chi connectivity index (χ1) is 15.0. The number of aromatic nitrogens is 9. The summed E-state index contributed by atoms with van der Waals surface area (Å²) in [5.41, 5.74) is 3.75. The Kier molecular flexibility index (Phi) is 4.46. The third kappa shape index (κ3) is 3.31. The molecule has 5 rings (SSSR count). The fourth-order valence-corrected chi connectivity index (χ4v) is 3.51. The van der Waals surface area contributed by atoms with Crippen LogP contribution in [0.5, 0.6) is 0 Å². The van der Waals surface area contributed by atoms with Gasteiger partial charge < -0.3 is 9.88 Å². The number of rotatable bonds is 5. The fraction of sp³-hybridized carbons (Fsp3) is 0.238. The predicted octanol–water partition coefficient (Wildman–Crippen LogP) is 3.42. The number of hydrogen-bond acceptors (Lipinski definition) is 7. The predicted molar refractivity (Wildman–Crippen MR) is 117 cm³/mol. The molecule has 5 aromatic heterocycles. The molecule has 0 unspecified atom stereocenters. The lowest BCUT2D eigenvalue weighted by atomic mass is 10.1. The minimum atomic E-state index is 0.287. The van der Waals surface area contributed by atoms with Crippen molar-refractivity contribution in [2.45, 2.75) is 26.8 Å². The Morgan fingerprint density at radius 2 is 1.90 bits per heavy atom. The minimum absolute atomic E-state index is 0.287.